The molecule has 0 saturated heterocycles. The summed E-state index contributed by atoms with van der Waals surface area (Å²) in [5.74, 6) is -0.626. The lowest BCUT2D eigenvalue weighted by molar-refractivity contribution is -0.117. The minimum atomic E-state index is -0.744. The Labute approximate surface area is 204 Å². The summed E-state index contributed by atoms with van der Waals surface area (Å²) in [6.07, 6.45) is 0. The number of rotatable bonds is 10. The van der Waals surface area contributed by atoms with Gasteiger partial charge in [-0.3, -0.25) is 23.9 Å². The first-order valence-electron chi connectivity index (χ1n) is 11.4. The van der Waals surface area contributed by atoms with Crippen LogP contribution in [0.2, 0.25) is 0 Å². The number of nitrogens with one attached hydrogen (secondary N) is 3. The number of aromatic amines is 1. The molecule has 11 nitrogen and oxygen atoms in total. The minimum Gasteiger partial charge on any atom is -0.383 e. The Kier molecular flexibility index (Phi) is 9.24. The third-order valence-corrected chi connectivity index (χ3v) is 4.93. The Morgan fingerprint density at radius 3 is 2.34 bits per heavy atom. The van der Waals surface area contributed by atoms with Crippen LogP contribution in [0.25, 0.3) is 0 Å². The number of ether oxygens (including phenoxy) is 1. The predicted octanol–water partition coefficient (Wildman–Crippen LogP) is 1.39. The number of nitrogens with zero attached hydrogens (tertiary/aromatic N) is 2. The molecule has 5 N–H and O–H groups in total. The van der Waals surface area contributed by atoms with Crippen LogP contribution in [0.3, 0.4) is 0 Å². The van der Waals surface area contributed by atoms with E-state index in [0.717, 1.165) is 0 Å². The third kappa shape index (κ3) is 7.71. The molecule has 11 heteroatoms. The molecule has 0 saturated carbocycles. The minimum absolute atomic E-state index is 0.0656. The van der Waals surface area contributed by atoms with Crippen molar-refractivity contribution >= 4 is 29.0 Å². The first-order valence-corrected chi connectivity index (χ1v) is 11.4. The molecule has 0 aliphatic rings. The van der Waals surface area contributed by atoms with Crippen molar-refractivity contribution < 1.29 is 14.3 Å². The number of anilines is 3. The molecule has 0 aliphatic heterocycles. The number of methoxy groups -OCH3 is 1. The maximum Gasteiger partial charge on any atom is 0.330 e. The number of carbonyl (C=O) groups excluding carboxylic acids is 2. The van der Waals surface area contributed by atoms with Crippen LogP contribution < -0.4 is 32.5 Å². The van der Waals surface area contributed by atoms with E-state index in [1.807, 2.05) is 34.6 Å². The van der Waals surface area contributed by atoms with Gasteiger partial charge in [0, 0.05) is 37.0 Å². The van der Waals surface area contributed by atoms with Gasteiger partial charge < -0.3 is 26.0 Å². The molecule has 0 unspecified atom stereocenters. The summed E-state index contributed by atoms with van der Waals surface area (Å²) in [6, 6.07) is 6.69. The fourth-order valence-corrected chi connectivity index (χ4v) is 3.35. The first-order chi connectivity index (χ1) is 16.3. The lowest BCUT2D eigenvalue weighted by Gasteiger charge is -2.25. The molecule has 1 aromatic heterocycles. The largest absolute Gasteiger partial charge is 0.383 e. The molecule has 0 spiro atoms. The van der Waals surface area contributed by atoms with Gasteiger partial charge in [0.1, 0.15) is 5.82 Å². The molecule has 2 amide bonds. The van der Waals surface area contributed by atoms with Gasteiger partial charge in [-0.15, -0.1) is 0 Å². The summed E-state index contributed by atoms with van der Waals surface area (Å²) in [5.41, 5.74) is 5.47. The van der Waals surface area contributed by atoms with Gasteiger partial charge in [-0.05, 0) is 51.0 Å². The van der Waals surface area contributed by atoms with Gasteiger partial charge in [0.15, 0.2) is 5.69 Å². The average molecular weight is 489 g/mol. The van der Waals surface area contributed by atoms with Crippen LogP contribution in [0.1, 0.15) is 45.0 Å². The quantitative estimate of drug-likeness (QED) is 0.394. The smallest absolute Gasteiger partial charge is 0.330 e. The van der Waals surface area contributed by atoms with Crippen molar-refractivity contribution in [3.63, 3.8) is 0 Å². The zero-order valence-electron chi connectivity index (χ0n) is 21.2. The molecule has 0 radical (unpaired) electrons. The molecule has 0 aliphatic carbocycles. The fraction of sp³-hybridized carbons (Fsp3) is 0.500. The molecule has 2 aromatic rings. The SMILES string of the molecule is COCCN(C(=O)CNc1ccc(C(=O)NC(C)(C)C)cc1)c1c(N)n(CC(C)C)c(=O)[nH]c1=O. The summed E-state index contributed by atoms with van der Waals surface area (Å²) >= 11 is 0. The molecular formula is C24H36N6O5. The molecule has 0 fully saturated rings. The standard InChI is InChI=1S/C24H36N6O5/c1-15(2)14-30-20(25)19(22(33)27-23(30)34)29(11-12-35-6)18(31)13-26-17-9-7-16(8-10-17)21(32)28-24(3,4)5/h7-10,15,26H,11-14,25H2,1-6H3,(H,28,32)(H,27,33,34). The van der Waals surface area contributed by atoms with E-state index < -0.39 is 17.2 Å². The number of amides is 2. The number of H-pyrrole nitrogens is 1. The van der Waals surface area contributed by atoms with Gasteiger partial charge in [0.2, 0.25) is 5.91 Å². The Morgan fingerprint density at radius 2 is 1.80 bits per heavy atom. The first kappa shape index (κ1) is 27.6. The highest BCUT2D eigenvalue weighted by Crippen LogP contribution is 2.18. The number of carbonyl (C=O) groups is 2. The molecule has 35 heavy (non-hydrogen) atoms. The van der Waals surface area contributed by atoms with Crippen molar-refractivity contribution in [3.05, 3.63) is 50.7 Å². The van der Waals surface area contributed by atoms with Crippen molar-refractivity contribution in [3.8, 4) is 0 Å². The van der Waals surface area contributed by atoms with E-state index in [4.69, 9.17) is 10.5 Å². The van der Waals surface area contributed by atoms with Crippen molar-refractivity contribution in [2.24, 2.45) is 5.92 Å². The van der Waals surface area contributed by atoms with Gasteiger partial charge in [-0.2, -0.15) is 0 Å². The van der Waals surface area contributed by atoms with E-state index in [-0.39, 0.29) is 55.1 Å². The molecule has 0 bridgehead atoms. The highest BCUT2D eigenvalue weighted by Gasteiger charge is 2.24. The Balaban J connectivity index is 2.24. The Hall–Kier alpha value is -3.60. The summed E-state index contributed by atoms with van der Waals surface area (Å²) in [5, 5.41) is 5.89. The lowest BCUT2D eigenvalue weighted by atomic mass is 10.1. The van der Waals surface area contributed by atoms with Gasteiger partial charge in [-0.1, -0.05) is 13.8 Å². The van der Waals surface area contributed by atoms with Crippen LogP contribution >= 0.6 is 0 Å². The van der Waals surface area contributed by atoms with Gasteiger partial charge in [0.25, 0.3) is 11.5 Å². The summed E-state index contributed by atoms with van der Waals surface area (Å²) in [4.78, 5) is 53.8. The highest BCUT2D eigenvalue weighted by molar-refractivity contribution is 5.98. The van der Waals surface area contributed by atoms with Crippen molar-refractivity contribution in [1.29, 1.82) is 0 Å². The summed E-state index contributed by atoms with van der Waals surface area (Å²) in [6.45, 7) is 9.87. The third-order valence-electron chi connectivity index (χ3n) is 4.93. The molecule has 1 aromatic carbocycles. The Bertz CT molecular complexity index is 1140. The lowest BCUT2D eigenvalue weighted by Crippen LogP contribution is -2.44. The van der Waals surface area contributed by atoms with Gasteiger partial charge in [0.05, 0.1) is 13.2 Å². The van der Waals surface area contributed by atoms with Crippen molar-refractivity contribution in [1.82, 2.24) is 14.9 Å². The monoisotopic (exact) mass is 488 g/mol. The number of hydrogen-bond acceptors (Lipinski definition) is 7. The second-order valence-corrected chi connectivity index (χ2v) is 9.67. The van der Waals surface area contributed by atoms with E-state index >= 15 is 0 Å². The van der Waals surface area contributed by atoms with Crippen LogP contribution in [0, 0.1) is 5.92 Å². The van der Waals surface area contributed by atoms with Crippen molar-refractivity contribution in [2.75, 3.05) is 42.8 Å². The van der Waals surface area contributed by atoms with E-state index in [9.17, 15) is 19.2 Å². The van der Waals surface area contributed by atoms with Crippen LogP contribution in [-0.2, 0) is 16.1 Å². The van der Waals surface area contributed by atoms with Gasteiger partial charge >= 0.3 is 5.69 Å². The van der Waals surface area contributed by atoms with Crippen LogP contribution in [0.4, 0.5) is 17.2 Å². The zero-order valence-corrected chi connectivity index (χ0v) is 21.2. The number of hydrogen-bond donors (Lipinski definition) is 4. The van der Waals surface area contributed by atoms with Crippen molar-refractivity contribution in [2.45, 2.75) is 46.7 Å². The van der Waals surface area contributed by atoms with E-state index in [1.54, 1.807) is 24.3 Å². The number of aromatic nitrogens is 2. The topological polar surface area (TPSA) is 152 Å². The predicted molar refractivity (Wildman–Crippen MR) is 137 cm³/mol. The van der Waals surface area contributed by atoms with Gasteiger partial charge in [-0.25, -0.2) is 4.79 Å². The Morgan fingerprint density at radius 1 is 1.17 bits per heavy atom. The molecule has 2 rings (SSSR count). The van der Waals surface area contributed by atoms with Crippen LogP contribution in [0.15, 0.2) is 33.9 Å². The number of nitrogen functional groups attached to an aromatic ring is 1. The normalized spacial score (nSPS) is 11.4. The maximum absolute atomic E-state index is 13.1. The second-order valence-electron chi connectivity index (χ2n) is 9.67. The summed E-state index contributed by atoms with van der Waals surface area (Å²) in [7, 11) is 1.48. The molecule has 192 valence electrons. The van der Waals surface area contributed by atoms with E-state index in [1.165, 1.54) is 16.6 Å². The molecule has 0 atom stereocenters. The zero-order chi connectivity index (χ0) is 26.3. The highest BCUT2D eigenvalue weighted by atomic mass is 16.5. The van der Waals surface area contributed by atoms with E-state index in [2.05, 4.69) is 15.6 Å². The average Bonchev–Trinajstić information content (AvgIpc) is 2.76. The number of benzene rings is 1. The van der Waals surface area contributed by atoms with Crippen LogP contribution in [0.5, 0.6) is 0 Å². The van der Waals surface area contributed by atoms with E-state index in [0.29, 0.717) is 11.3 Å². The molecular weight excluding hydrogens is 452 g/mol. The maximum atomic E-state index is 13.1. The summed E-state index contributed by atoms with van der Waals surface area (Å²) < 4.78 is 6.35. The molecule has 1 heterocycles. The fourth-order valence-electron chi connectivity index (χ4n) is 3.35. The second kappa shape index (κ2) is 11.7. The number of nitrogens with two attached hydrogens (primary N) is 1. The van der Waals surface area contributed by atoms with Crippen LogP contribution in [-0.4, -0.2) is 53.7 Å².